The predicted molar refractivity (Wildman–Crippen MR) is 126 cm³/mol. The number of rotatable bonds is 5. The number of hydroxylamine groups is 1. The Balaban J connectivity index is 1.72. The molecule has 0 aliphatic carbocycles. The highest BCUT2D eigenvalue weighted by Crippen LogP contribution is 2.32. The second kappa shape index (κ2) is 10.2. The summed E-state index contributed by atoms with van der Waals surface area (Å²) in [5, 5.41) is 6.60. The molecule has 200 valence electrons. The average Bonchev–Trinajstić information content (AvgIpc) is 3.49. The molecule has 0 radical (unpaired) electrons. The molecule has 15 heteroatoms. The number of aromatic amines is 2. The number of nitrogens with one attached hydrogen (secondary N) is 2. The van der Waals surface area contributed by atoms with Gasteiger partial charge in [-0.25, -0.2) is 19.0 Å². The quantitative estimate of drug-likeness (QED) is 0.388. The van der Waals surface area contributed by atoms with Crippen molar-refractivity contribution in [1.82, 2.24) is 30.0 Å². The number of carbonyl (C=O) groups is 2. The van der Waals surface area contributed by atoms with E-state index in [1.165, 1.54) is 6.07 Å². The van der Waals surface area contributed by atoms with Gasteiger partial charge in [-0.3, -0.25) is 5.10 Å². The van der Waals surface area contributed by atoms with Gasteiger partial charge in [0.05, 0.1) is 22.9 Å². The molecule has 0 bridgehead atoms. The molecule has 0 spiro atoms. The number of urea groups is 1. The van der Waals surface area contributed by atoms with Crippen LogP contribution >= 0.6 is 0 Å². The molecule has 1 saturated heterocycles. The molecule has 37 heavy (non-hydrogen) atoms. The largest absolute Gasteiger partial charge is 0.493 e. The van der Waals surface area contributed by atoms with E-state index < -0.39 is 24.0 Å². The minimum Gasteiger partial charge on any atom is -0.367 e. The van der Waals surface area contributed by atoms with Crippen LogP contribution in [-0.4, -0.2) is 94.5 Å². The van der Waals surface area contributed by atoms with Crippen LogP contribution in [0.2, 0.25) is 0 Å². The number of piperazine rings is 1. The molecule has 3 heterocycles. The van der Waals surface area contributed by atoms with Crippen LogP contribution in [0, 0.1) is 5.82 Å². The van der Waals surface area contributed by atoms with E-state index in [9.17, 15) is 27.2 Å². The Hall–Kier alpha value is -3.88. The van der Waals surface area contributed by atoms with Crippen molar-refractivity contribution in [2.24, 2.45) is 0 Å². The van der Waals surface area contributed by atoms with E-state index in [4.69, 9.17) is 0 Å². The van der Waals surface area contributed by atoms with E-state index in [-0.39, 0.29) is 35.4 Å². The maximum atomic E-state index is 14.9. The summed E-state index contributed by atoms with van der Waals surface area (Å²) < 4.78 is 53.9. The summed E-state index contributed by atoms with van der Waals surface area (Å²) in [6, 6.07) is 1.84. The standard InChI is InChI=1S/C22H26F4N8O3/c1-4-32(5-2)21(36)34(37-20(35)22(24,25)26)17-12-27-30-18(17)19-28-14-10-13(23)16(11-15(14)29-19)33-8-6-31(3)7-9-33/h10-12H,4-9H2,1-3H3,(H,27,30)(H,28,29). The van der Waals surface area contributed by atoms with E-state index in [1.807, 2.05) is 11.9 Å². The first-order valence-corrected chi connectivity index (χ1v) is 11.6. The number of hydrogen-bond acceptors (Lipinski definition) is 7. The summed E-state index contributed by atoms with van der Waals surface area (Å²) in [4.78, 5) is 41.6. The van der Waals surface area contributed by atoms with E-state index in [0.29, 0.717) is 29.8 Å². The molecular formula is C22H26F4N8O3. The number of nitrogens with zero attached hydrogens (tertiary/aromatic N) is 6. The Kier molecular flexibility index (Phi) is 7.25. The van der Waals surface area contributed by atoms with Crippen molar-refractivity contribution >= 4 is 34.4 Å². The van der Waals surface area contributed by atoms with Gasteiger partial charge in [-0.05, 0) is 27.0 Å². The Morgan fingerprint density at radius 1 is 1.14 bits per heavy atom. The van der Waals surface area contributed by atoms with E-state index in [1.54, 1.807) is 19.9 Å². The lowest BCUT2D eigenvalue weighted by molar-refractivity contribution is -0.200. The number of amides is 2. The third-order valence-corrected chi connectivity index (χ3v) is 6.08. The number of halogens is 4. The third kappa shape index (κ3) is 5.30. The lowest BCUT2D eigenvalue weighted by Crippen LogP contribution is -2.46. The number of aromatic nitrogens is 4. The number of imidazole rings is 1. The SMILES string of the molecule is CCN(CC)C(=O)N(OC(=O)C(F)(F)F)c1cn[nH]c1-c1nc2cc(N3CCN(C)CC3)c(F)cc2[nH]1. The van der Waals surface area contributed by atoms with Gasteiger partial charge in [-0.1, -0.05) is 0 Å². The smallest absolute Gasteiger partial charge is 0.367 e. The molecule has 11 nitrogen and oxygen atoms in total. The predicted octanol–water partition coefficient (Wildman–Crippen LogP) is 3.13. The van der Waals surface area contributed by atoms with Crippen molar-refractivity contribution in [3.63, 3.8) is 0 Å². The van der Waals surface area contributed by atoms with Gasteiger partial charge in [0.2, 0.25) is 0 Å². The normalized spacial score (nSPS) is 14.7. The molecule has 0 atom stereocenters. The average molecular weight is 526 g/mol. The highest BCUT2D eigenvalue weighted by Gasteiger charge is 2.44. The van der Waals surface area contributed by atoms with Gasteiger partial charge in [0, 0.05) is 45.3 Å². The number of hydrogen-bond donors (Lipinski definition) is 2. The van der Waals surface area contributed by atoms with E-state index in [2.05, 4.69) is 29.9 Å². The second-order valence-corrected chi connectivity index (χ2v) is 8.45. The fourth-order valence-corrected chi connectivity index (χ4v) is 3.98. The Labute approximate surface area is 208 Å². The highest BCUT2D eigenvalue weighted by atomic mass is 19.4. The summed E-state index contributed by atoms with van der Waals surface area (Å²) in [6.07, 6.45) is -4.31. The molecule has 4 rings (SSSR count). The van der Waals surface area contributed by atoms with Crippen LogP contribution in [0.1, 0.15) is 13.8 Å². The van der Waals surface area contributed by atoms with Gasteiger partial charge in [0.25, 0.3) is 0 Å². The molecule has 0 saturated carbocycles. The molecule has 1 aromatic carbocycles. The molecule has 2 N–H and O–H groups in total. The summed E-state index contributed by atoms with van der Waals surface area (Å²) >= 11 is 0. The van der Waals surface area contributed by atoms with Crippen LogP contribution in [0.25, 0.3) is 22.6 Å². The van der Waals surface area contributed by atoms with E-state index >= 15 is 0 Å². The van der Waals surface area contributed by atoms with Crippen molar-refractivity contribution in [1.29, 1.82) is 0 Å². The first-order valence-electron chi connectivity index (χ1n) is 11.6. The molecule has 1 fully saturated rings. The second-order valence-electron chi connectivity index (χ2n) is 8.45. The number of anilines is 2. The lowest BCUT2D eigenvalue weighted by Gasteiger charge is -2.34. The van der Waals surface area contributed by atoms with Crippen LogP contribution in [0.5, 0.6) is 0 Å². The first-order chi connectivity index (χ1) is 17.5. The minimum atomic E-state index is -5.35. The molecule has 0 unspecified atom stereocenters. The van der Waals surface area contributed by atoms with Crippen LogP contribution < -0.4 is 9.96 Å². The Bertz CT molecular complexity index is 1280. The van der Waals surface area contributed by atoms with Gasteiger partial charge in [-0.15, -0.1) is 5.06 Å². The van der Waals surface area contributed by atoms with Gasteiger partial charge in [0.15, 0.2) is 5.82 Å². The topological polar surface area (TPSA) is 114 Å². The van der Waals surface area contributed by atoms with Crippen LogP contribution in [0.4, 0.5) is 33.7 Å². The van der Waals surface area contributed by atoms with Gasteiger partial charge in [-0.2, -0.15) is 18.3 Å². The number of likely N-dealkylation sites (N-methyl/N-ethyl adjacent to an activating group) is 1. The lowest BCUT2D eigenvalue weighted by atomic mass is 10.2. The Morgan fingerprint density at radius 3 is 2.43 bits per heavy atom. The number of H-pyrrole nitrogens is 2. The fourth-order valence-electron chi connectivity index (χ4n) is 3.98. The number of fused-ring (bicyclic) bond motifs is 1. The number of benzene rings is 1. The van der Waals surface area contributed by atoms with Crippen molar-refractivity contribution in [2.75, 3.05) is 56.3 Å². The maximum absolute atomic E-state index is 14.9. The summed E-state index contributed by atoms with van der Waals surface area (Å²) in [5.41, 5.74) is 0.766. The molecule has 1 aliphatic rings. The Morgan fingerprint density at radius 2 is 1.81 bits per heavy atom. The third-order valence-electron chi connectivity index (χ3n) is 6.08. The summed E-state index contributed by atoms with van der Waals surface area (Å²) in [5.74, 6) is -2.99. The van der Waals surface area contributed by atoms with Gasteiger partial charge >= 0.3 is 18.2 Å². The monoisotopic (exact) mass is 526 g/mol. The summed E-state index contributed by atoms with van der Waals surface area (Å²) in [7, 11) is 1.99. The summed E-state index contributed by atoms with van der Waals surface area (Å²) in [6.45, 7) is 6.33. The number of carbonyl (C=O) groups excluding carboxylic acids is 2. The molecular weight excluding hydrogens is 500 g/mol. The van der Waals surface area contributed by atoms with E-state index in [0.717, 1.165) is 24.2 Å². The molecule has 2 aromatic heterocycles. The number of alkyl halides is 3. The van der Waals surface area contributed by atoms with Crippen molar-refractivity contribution < 1.29 is 32.0 Å². The van der Waals surface area contributed by atoms with Crippen molar-refractivity contribution in [2.45, 2.75) is 20.0 Å². The molecule has 2 amide bonds. The first kappa shape index (κ1) is 26.2. The van der Waals surface area contributed by atoms with Crippen molar-refractivity contribution in [3.05, 3.63) is 24.1 Å². The molecule has 1 aliphatic heterocycles. The van der Waals surface area contributed by atoms with Crippen LogP contribution in [0.3, 0.4) is 0 Å². The minimum absolute atomic E-state index is 0.0340. The van der Waals surface area contributed by atoms with Crippen molar-refractivity contribution in [3.8, 4) is 11.5 Å². The van der Waals surface area contributed by atoms with Gasteiger partial charge < -0.3 is 24.5 Å². The fraction of sp³-hybridized carbons (Fsp3) is 0.455. The van der Waals surface area contributed by atoms with Gasteiger partial charge in [0.1, 0.15) is 17.2 Å². The zero-order valence-corrected chi connectivity index (χ0v) is 20.4. The maximum Gasteiger partial charge on any atom is 0.493 e. The highest BCUT2D eigenvalue weighted by molar-refractivity contribution is 5.96. The molecule has 3 aromatic rings. The van der Waals surface area contributed by atoms with Crippen LogP contribution in [-0.2, 0) is 9.63 Å². The zero-order valence-electron chi connectivity index (χ0n) is 20.4. The zero-order chi connectivity index (χ0) is 26.9. The van der Waals surface area contributed by atoms with Crippen LogP contribution in [0.15, 0.2) is 18.3 Å².